The molecule has 5 heteroatoms. The lowest BCUT2D eigenvalue weighted by molar-refractivity contribution is 0.122. The molecule has 0 bridgehead atoms. The molecule has 2 fully saturated rings. The predicted octanol–water partition coefficient (Wildman–Crippen LogP) is 1.62. The number of hydrogen-bond donors (Lipinski definition) is 1. The molecule has 4 nitrogen and oxygen atoms in total. The van der Waals surface area contributed by atoms with Crippen molar-refractivity contribution in [2.24, 2.45) is 0 Å². The number of morpholine rings is 1. The lowest BCUT2D eigenvalue weighted by Gasteiger charge is -2.29. The summed E-state index contributed by atoms with van der Waals surface area (Å²) in [4.78, 5) is 4.28. The van der Waals surface area contributed by atoms with Crippen LogP contribution in [-0.2, 0) is 11.3 Å². The average molecular weight is 294 g/mol. The van der Waals surface area contributed by atoms with Crippen LogP contribution in [-0.4, -0.2) is 55.5 Å². The molecule has 0 saturated carbocycles. The van der Waals surface area contributed by atoms with E-state index in [9.17, 15) is 9.50 Å². The molecule has 1 N–H and O–H groups in total. The van der Waals surface area contributed by atoms with Crippen LogP contribution in [0.1, 0.15) is 18.4 Å². The Kier molecular flexibility index (Phi) is 4.73. The molecular weight excluding hydrogens is 271 g/mol. The molecule has 2 saturated heterocycles. The highest BCUT2D eigenvalue weighted by Crippen LogP contribution is 2.24. The third-order valence-electron chi connectivity index (χ3n) is 4.46. The fourth-order valence-electron chi connectivity index (χ4n) is 3.25. The molecule has 1 aromatic carbocycles. The van der Waals surface area contributed by atoms with Gasteiger partial charge in [-0.05, 0) is 37.1 Å². The Morgan fingerprint density at radius 2 is 2.05 bits per heavy atom. The summed E-state index contributed by atoms with van der Waals surface area (Å²) in [5.74, 6) is -0.158. The lowest BCUT2D eigenvalue weighted by atomic mass is 10.1. The van der Waals surface area contributed by atoms with Gasteiger partial charge in [-0.2, -0.15) is 0 Å². The van der Waals surface area contributed by atoms with Gasteiger partial charge in [0, 0.05) is 25.7 Å². The van der Waals surface area contributed by atoms with Crippen molar-refractivity contribution in [3.05, 3.63) is 29.6 Å². The molecule has 0 spiro atoms. The van der Waals surface area contributed by atoms with Crippen LogP contribution in [0.25, 0.3) is 0 Å². The molecule has 1 atom stereocenters. The van der Waals surface area contributed by atoms with E-state index in [-0.39, 0.29) is 18.5 Å². The van der Waals surface area contributed by atoms with Gasteiger partial charge in [0.1, 0.15) is 5.82 Å². The third-order valence-corrected chi connectivity index (χ3v) is 4.46. The molecule has 0 radical (unpaired) electrons. The summed E-state index contributed by atoms with van der Waals surface area (Å²) < 4.78 is 19.6. The second-order valence-corrected chi connectivity index (χ2v) is 5.83. The zero-order valence-corrected chi connectivity index (χ0v) is 12.3. The van der Waals surface area contributed by atoms with Crippen LogP contribution in [0.15, 0.2) is 18.2 Å². The molecule has 21 heavy (non-hydrogen) atoms. The number of ether oxygens (including phenoxy) is 1. The molecular formula is C16H23FN2O2. The van der Waals surface area contributed by atoms with Crippen LogP contribution in [0.2, 0.25) is 0 Å². The number of benzene rings is 1. The van der Waals surface area contributed by atoms with Crippen LogP contribution in [0.4, 0.5) is 10.1 Å². The first-order chi connectivity index (χ1) is 10.3. The van der Waals surface area contributed by atoms with Gasteiger partial charge in [0.25, 0.3) is 0 Å². The van der Waals surface area contributed by atoms with Gasteiger partial charge in [-0.15, -0.1) is 0 Å². The molecule has 0 aromatic heterocycles. The Labute approximate surface area is 125 Å². The molecule has 0 aliphatic carbocycles. The summed E-state index contributed by atoms with van der Waals surface area (Å²) in [5, 5.41) is 9.35. The van der Waals surface area contributed by atoms with E-state index in [1.807, 2.05) is 17.0 Å². The summed E-state index contributed by atoms with van der Waals surface area (Å²) in [6.45, 7) is 4.70. The van der Waals surface area contributed by atoms with Gasteiger partial charge in [0.05, 0.1) is 25.5 Å². The van der Waals surface area contributed by atoms with E-state index in [1.54, 1.807) is 6.07 Å². The first-order valence-corrected chi connectivity index (χ1v) is 7.74. The third kappa shape index (κ3) is 3.36. The molecule has 2 aliphatic heterocycles. The molecule has 2 aliphatic rings. The largest absolute Gasteiger partial charge is 0.395 e. The fourth-order valence-corrected chi connectivity index (χ4v) is 3.25. The van der Waals surface area contributed by atoms with E-state index in [4.69, 9.17) is 4.74 Å². The van der Waals surface area contributed by atoms with Gasteiger partial charge >= 0.3 is 0 Å². The van der Waals surface area contributed by atoms with Crippen molar-refractivity contribution < 1.29 is 14.2 Å². The maximum absolute atomic E-state index is 14.3. The van der Waals surface area contributed by atoms with Crippen LogP contribution in [0.3, 0.4) is 0 Å². The van der Waals surface area contributed by atoms with E-state index in [0.717, 1.165) is 38.0 Å². The number of aliphatic hydroxyl groups excluding tert-OH is 1. The summed E-state index contributed by atoms with van der Waals surface area (Å²) in [6.07, 6.45) is 2.14. The number of halogens is 1. The number of rotatable bonds is 4. The van der Waals surface area contributed by atoms with Crippen molar-refractivity contribution >= 4 is 5.69 Å². The maximum atomic E-state index is 14.3. The SMILES string of the molecule is OC[C@H]1CCCN1Cc1ccc(N2CCOCC2)c(F)c1. The number of anilines is 1. The number of likely N-dealkylation sites (tertiary alicyclic amines) is 1. The highest BCUT2D eigenvalue weighted by atomic mass is 19.1. The molecule has 1 aromatic rings. The molecule has 0 unspecified atom stereocenters. The minimum absolute atomic E-state index is 0.158. The average Bonchev–Trinajstić information content (AvgIpc) is 2.95. The molecule has 2 heterocycles. The maximum Gasteiger partial charge on any atom is 0.146 e. The van der Waals surface area contributed by atoms with E-state index < -0.39 is 0 Å². The van der Waals surface area contributed by atoms with Gasteiger partial charge in [0.2, 0.25) is 0 Å². The van der Waals surface area contributed by atoms with Crippen LogP contribution >= 0.6 is 0 Å². The molecule has 0 amide bonds. The fraction of sp³-hybridized carbons (Fsp3) is 0.625. The number of hydrogen-bond acceptors (Lipinski definition) is 4. The van der Waals surface area contributed by atoms with Crippen LogP contribution in [0, 0.1) is 5.82 Å². The van der Waals surface area contributed by atoms with Gasteiger partial charge < -0.3 is 14.7 Å². The van der Waals surface area contributed by atoms with Crippen molar-refractivity contribution in [3.63, 3.8) is 0 Å². The molecule has 3 rings (SSSR count). The summed E-state index contributed by atoms with van der Waals surface area (Å²) in [5.41, 5.74) is 1.65. The van der Waals surface area contributed by atoms with Crippen molar-refractivity contribution in [2.45, 2.75) is 25.4 Å². The second kappa shape index (κ2) is 6.73. The predicted molar refractivity (Wildman–Crippen MR) is 79.9 cm³/mol. The van der Waals surface area contributed by atoms with Gasteiger partial charge in [0.15, 0.2) is 0 Å². The minimum atomic E-state index is -0.158. The second-order valence-electron chi connectivity index (χ2n) is 5.83. The van der Waals surface area contributed by atoms with E-state index in [2.05, 4.69) is 4.90 Å². The summed E-state index contributed by atoms with van der Waals surface area (Å²) >= 11 is 0. The highest BCUT2D eigenvalue weighted by Gasteiger charge is 2.24. The normalized spacial score (nSPS) is 23.7. The number of aliphatic hydroxyl groups is 1. The van der Waals surface area contributed by atoms with Crippen molar-refractivity contribution in [1.82, 2.24) is 4.90 Å². The highest BCUT2D eigenvalue weighted by molar-refractivity contribution is 5.49. The standard InChI is InChI=1S/C16H23FN2O2/c17-15-10-13(11-19-5-1-2-14(19)12-20)3-4-16(15)18-6-8-21-9-7-18/h3-4,10,14,20H,1-2,5-9,11-12H2/t14-/m1/s1. The van der Waals surface area contributed by atoms with Gasteiger partial charge in [-0.1, -0.05) is 6.07 Å². The van der Waals surface area contributed by atoms with E-state index >= 15 is 0 Å². The number of nitrogens with zero attached hydrogens (tertiary/aromatic N) is 2. The monoisotopic (exact) mass is 294 g/mol. The Morgan fingerprint density at radius 1 is 1.24 bits per heavy atom. The van der Waals surface area contributed by atoms with Crippen molar-refractivity contribution in [3.8, 4) is 0 Å². The van der Waals surface area contributed by atoms with Crippen molar-refractivity contribution in [2.75, 3.05) is 44.4 Å². The Morgan fingerprint density at radius 3 is 2.76 bits per heavy atom. The van der Waals surface area contributed by atoms with Crippen LogP contribution in [0.5, 0.6) is 0 Å². The Hall–Kier alpha value is -1.17. The zero-order valence-electron chi connectivity index (χ0n) is 12.3. The zero-order chi connectivity index (χ0) is 14.7. The first-order valence-electron chi connectivity index (χ1n) is 7.74. The van der Waals surface area contributed by atoms with E-state index in [1.165, 1.54) is 0 Å². The lowest BCUT2D eigenvalue weighted by Crippen LogP contribution is -2.36. The smallest absolute Gasteiger partial charge is 0.146 e. The first kappa shape index (κ1) is 14.8. The van der Waals surface area contributed by atoms with Crippen molar-refractivity contribution in [1.29, 1.82) is 0 Å². The quantitative estimate of drug-likeness (QED) is 0.915. The Balaban J connectivity index is 1.68. The van der Waals surface area contributed by atoms with E-state index in [0.29, 0.717) is 25.4 Å². The van der Waals surface area contributed by atoms with Gasteiger partial charge in [-0.3, -0.25) is 4.90 Å². The van der Waals surface area contributed by atoms with Crippen LogP contribution < -0.4 is 4.90 Å². The molecule has 116 valence electrons. The minimum Gasteiger partial charge on any atom is -0.395 e. The summed E-state index contributed by atoms with van der Waals surface area (Å²) in [6, 6.07) is 5.74. The van der Waals surface area contributed by atoms with Gasteiger partial charge in [-0.25, -0.2) is 4.39 Å². The Bertz CT molecular complexity index is 477. The topological polar surface area (TPSA) is 35.9 Å². The summed E-state index contributed by atoms with van der Waals surface area (Å²) in [7, 11) is 0.